The Balaban J connectivity index is 1.80. The number of rotatable bonds is 4. The standard InChI is InChI=1S/C16H22Cl2N2O/c1-11(2)16(21)20-5-3-15(4-6-20)19-10-12-7-13(17)9-14(18)8-12/h7-9,11,15,19H,3-6,10H2,1-2H3. The highest BCUT2D eigenvalue weighted by molar-refractivity contribution is 6.34. The highest BCUT2D eigenvalue weighted by Gasteiger charge is 2.23. The van der Waals surface area contributed by atoms with Gasteiger partial charge in [0.05, 0.1) is 0 Å². The van der Waals surface area contributed by atoms with Gasteiger partial charge in [0.1, 0.15) is 0 Å². The Hall–Kier alpha value is -0.770. The van der Waals surface area contributed by atoms with E-state index in [0.717, 1.165) is 38.0 Å². The quantitative estimate of drug-likeness (QED) is 0.913. The second-order valence-corrected chi connectivity index (χ2v) is 6.79. The summed E-state index contributed by atoms with van der Waals surface area (Å²) in [6.45, 7) is 6.34. The summed E-state index contributed by atoms with van der Waals surface area (Å²) in [5.41, 5.74) is 1.09. The maximum Gasteiger partial charge on any atom is 0.225 e. The molecule has 0 atom stereocenters. The van der Waals surface area contributed by atoms with Gasteiger partial charge < -0.3 is 10.2 Å². The van der Waals surface area contributed by atoms with E-state index in [0.29, 0.717) is 16.1 Å². The first kappa shape index (κ1) is 16.6. The number of halogens is 2. The van der Waals surface area contributed by atoms with E-state index < -0.39 is 0 Å². The van der Waals surface area contributed by atoms with E-state index in [9.17, 15) is 4.79 Å². The Morgan fingerprint density at radius 3 is 2.33 bits per heavy atom. The molecule has 1 aliphatic heterocycles. The summed E-state index contributed by atoms with van der Waals surface area (Å²) in [4.78, 5) is 13.9. The van der Waals surface area contributed by atoms with Gasteiger partial charge in [0.25, 0.3) is 0 Å². The fourth-order valence-corrected chi connectivity index (χ4v) is 3.22. The molecule has 0 aromatic heterocycles. The first-order chi connectivity index (χ1) is 9.95. The van der Waals surface area contributed by atoms with Gasteiger partial charge in [-0.15, -0.1) is 0 Å². The maximum absolute atomic E-state index is 11.9. The van der Waals surface area contributed by atoms with Gasteiger partial charge in [0.2, 0.25) is 5.91 Å². The first-order valence-electron chi connectivity index (χ1n) is 7.43. The number of nitrogens with zero attached hydrogens (tertiary/aromatic N) is 1. The van der Waals surface area contributed by atoms with Crippen molar-refractivity contribution in [2.75, 3.05) is 13.1 Å². The topological polar surface area (TPSA) is 32.3 Å². The molecular weight excluding hydrogens is 307 g/mol. The molecule has 1 amide bonds. The zero-order chi connectivity index (χ0) is 15.4. The Kier molecular flexibility index (Phi) is 5.91. The average molecular weight is 329 g/mol. The van der Waals surface area contributed by atoms with Crippen molar-refractivity contribution in [3.63, 3.8) is 0 Å². The van der Waals surface area contributed by atoms with Crippen LogP contribution >= 0.6 is 23.2 Å². The van der Waals surface area contributed by atoms with Crippen LogP contribution in [0.5, 0.6) is 0 Å². The van der Waals surface area contributed by atoms with Gasteiger partial charge in [-0.05, 0) is 36.6 Å². The molecule has 5 heteroatoms. The van der Waals surface area contributed by atoms with Crippen molar-refractivity contribution < 1.29 is 4.79 Å². The van der Waals surface area contributed by atoms with Crippen LogP contribution in [0.4, 0.5) is 0 Å². The number of nitrogens with one attached hydrogen (secondary N) is 1. The number of carbonyl (C=O) groups excluding carboxylic acids is 1. The molecule has 0 aliphatic carbocycles. The molecule has 1 saturated heterocycles. The van der Waals surface area contributed by atoms with E-state index in [1.165, 1.54) is 0 Å². The molecular formula is C16H22Cl2N2O. The second-order valence-electron chi connectivity index (χ2n) is 5.91. The fourth-order valence-electron chi connectivity index (χ4n) is 2.64. The summed E-state index contributed by atoms with van der Waals surface area (Å²) in [6, 6.07) is 6.04. The molecule has 1 N–H and O–H groups in total. The molecule has 1 fully saturated rings. The summed E-state index contributed by atoms with van der Waals surface area (Å²) in [7, 11) is 0. The molecule has 21 heavy (non-hydrogen) atoms. The second kappa shape index (κ2) is 7.48. The average Bonchev–Trinajstić information content (AvgIpc) is 2.44. The third-order valence-electron chi connectivity index (χ3n) is 3.82. The maximum atomic E-state index is 11.9. The molecule has 0 bridgehead atoms. The summed E-state index contributed by atoms with van der Waals surface area (Å²) in [5.74, 6) is 0.346. The SMILES string of the molecule is CC(C)C(=O)N1CCC(NCc2cc(Cl)cc(Cl)c2)CC1. The number of carbonyl (C=O) groups is 1. The predicted molar refractivity (Wildman–Crippen MR) is 87.7 cm³/mol. The van der Waals surface area contributed by atoms with Gasteiger partial charge in [-0.3, -0.25) is 4.79 Å². The van der Waals surface area contributed by atoms with Crippen molar-refractivity contribution in [2.24, 2.45) is 5.92 Å². The summed E-state index contributed by atoms with van der Waals surface area (Å²) >= 11 is 12.0. The number of hydrogen-bond donors (Lipinski definition) is 1. The molecule has 1 aromatic carbocycles. The molecule has 0 saturated carbocycles. The van der Waals surface area contributed by atoms with Gasteiger partial charge in [0.15, 0.2) is 0 Å². The third-order valence-corrected chi connectivity index (χ3v) is 4.25. The molecule has 0 spiro atoms. The summed E-state index contributed by atoms with van der Waals surface area (Å²) in [5, 5.41) is 4.85. The van der Waals surface area contributed by atoms with Crippen molar-refractivity contribution in [1.82, 2.24) is 10.2 Å². The molecule has 1 aromatic rings. The van der Waals surface area contributed by atoms with Crippen LogP contribution in [0.1, 0.15) is 32.3 Å². The van der Waals surface area contributed by atoms with Crippen LogP contribution in [0.2, 0.25) is 10.0 Å². The zero-order valence-electron chi connectivity index (χ0n) is 12.5. The lowest BCUT2D eigenvalue weighted by Gasteiger charge is -2.33. The van der Waals surface area contributed by atoms with Gasteiger partial charge in [-0.2, -0.15) is 0 Å². The summed E-state index contributed by atoms with van der Waals surface area (Å²) < 4.78 is 0. The Morgan fingerprint density at radius 2 is 1.81 bits per heavy atom. The smallest absolute Gasteiger partial charge is 0.225 e. The minimum absolute atomic E-state index is 0.0862. The molecule has 3 nitrogen and oxygen atoms in total. The van der Waals surface area contributed by atoms with Crippen molar-refractivity contribution in [1.29, 1.82) is 0 Å². The van der Waals surface area contributed by atoms with E-state index in [4.69, 9.17) is 23.2 Å². The van der Waals surface area contributed by atoms with Crippen molar-refractivity contribution >= 4 is 29.1 Å². The Labute approximate surface area is 136 Å². The van der Waals surface area contributed by atoms with Crippen LogP contribution in [0, 0.1) is 5.92 Å². The number of benzene rings is 1. The minimum atomic E-state index is 0.0862. The van der Waals surface area contributed by atoms with Gasteiger partial charge in [0, 0.05) is 41.6 Å². The highest BCUT2D eigenvalue weighted by Crippen LogP contribution is 2.20. The van der Waals surface area contributed by atoms with Crippen LogP contribution in [0.15, 0.2) is 18.2 Å². The lowest BCUT2D eigenvalue weighted by Crippen LogP contribution is -2.45. The minimum Gasteiger partial charge on any atom is -0.342 e. The lowest BCUT2D eigenvalue weighted by molar-refractivity contribution is -0.135. The van der Waals surface area contributed by atoms with E-state index in [1.54, 1.807) is 6.07 Å². The molecule has 0 radical (unpaired) electrons. The van der Waals surface area contributed by atoms with Gasteiger partial charge >= 0.3 is 0 Å². The van der Waals surface area contributed by atoms with Crippen LogP contribution in [0.3, 0.4) is 0 Å². The zero-order valence-corrected chi connectivity index (χ0v) is 14.0. The predicted octanol–water partition coefficient (Wildman–Crippen LogP) is 3.73. The van der Waals surface area contributed by atoms with Gasteiger partial charge in [-0.1, -0.05) is 37.0 Å². The van der Waals surface area contributed by atoms with E-state index >= 15 is 0 Å². The largest absolute Gasteiger partial charge is 0.342 e. The normalized spacial score (nSPS) is 16.5. The fraction of sp³-hybridized carbons (Fsp3) is 0.562. The van der Waals surface area contributed by atoms with Crippen LogP contribution in [0.25, 0.3) is 0 Å². The molecule has 0 unspecified atom stereocenters. The number of likely N-dealkylation sites (tertiary alicyclic amines) is 1. The monoisotopic (exact) mass is 328 g/mol. The van der Waals surface area contributed by atoms with Crippen molar-refractivity contribution in [3.05, 3.63) is 33.8 Å². The van der Waals surface area contributed by atoms with Crippen molar-refractivity contribution in [3.8, 4) is 0 Å². The molecule has 2 rings (SSSR count). The Bertz CT molecular complexity index is 477. The summed E-state index contributed by atoms with van der Waals surface area (Å²) in [6.07, 6.45) is 1.99. The van der Waals surface area contributed by atoms with E-state index in [1.807, 2.05) is 30.9 Å². The van der Waals surface area contributed by atoms with Crippen LogP contribution in [-0.4, -0.2) is 29.9 Å². The number of amides is 1. The van der Waals surface area contributed by atoms with E-state index in [-0.39, 0.29) is 11.8 Å². The molecule has 1 heterocycles. The Morgan fingerprint density at radius 1 is 1.24 bits per heavy atom. The first-order valence-corrected chi connectivity index (χ1v) is 8.18. The lowest BCUT2D eigenvalue weighted by atomic mass is 10.0. The highest BCUT2D eigenvalue weighted by atomic mass is 35.5. The molecule has 116 valence electrons. The third kappa shape index (κ3) is 4.87. The number of hydrogen-bond acceptors (Lipinski definition) is 2. The van der Waals surface area contributed by atoms with Crippen LogP contribution < -0.4 is 5.32 Å². The van der Waals surface area contributed by atoms with E-state index in [2.05, 4.69) is 5.32 Å². The van der Waals surface area contributed by atoms with Crippen LogP contribution in [-0.2, 0) is 11.3 Å². The van der Waals surface area contributed by atoms with Crippen molar-refractivity contribution in [2.45, 2.75) is 39.3 Å². The van der Waals surface area contributed by atoms with Gasteiger partial charge in [-0.25, -0.2) is 0 Å². The number of piperidine rings is 1. The molecule has 1 aliphatic rings.